The van der Waals surface area contributed by atoms with Crippen LogP contribution in [0.4, 0.5) is 5.82 Å². The van der Waals surface area contributed by atoms with E-state index in [0.717, 1.165) is 43.1 Å². The standard InChI is InChI=1S/C14H22N4S/c1-3-6-17-7-9-18(10-8-17)14-12(13(15)19)11(2)4-5-16-14/h4-5H,3,6-10H2,1-2H3,(H2,15,19). The Bertz CT molecular complexity index is 453. The van der Waals surface area contributed by atoms with Crippen molar-refractivity contribution in [3.05, 3.63) is 23.4 Å². The van der Waals surface area contributed by atoms with Crippen molar-refractivity contribution < 1.29 is 0 Å². The maximum atomic E-state index is 5.85. The minimum absolute atomic E-state index is 0.441. The Hall–Kier alpha value is -1.20. The number of hydrogen-bond acceptors (Lipinski definition) is 4. The molecule has 0 aromatic carbocycles. The molecule has 1 fully saturated rings. The fourth-order valence-corrected chi connectivity index (χ4v) is 2.84. The second kappa shape index (κ2) is 6.30. The fourth-order valence-electron chi connectivity index (χ4n) is 2.59. The molecular weight excluding hydrogens is 256 g/mol. The van der Waals surface area contributed by atoms with Gasteiger partial charge in [0.05, 0.1) is 5.56 Å². The first kappa shape index (κ1) is 14.2. The lowest BCUT2D eigenvalue weighted by molar-refractivity contribution is 0.258. The van der Waals surface area contributed by atoms with E-state index in [1.165, 1.54) is 13.0 Å². The predicted molar refractivity (Wildman–Crippen MR) is 83.8 cm³/mol. The van der Waals surface area contributed by atoms with E-state index in [1.807, 2.05) is 19.2 Å². The number of piperazine rings is 1. The number of pyridine rings is 1. The highest BCUT2D eigenvalue weighted by molar-refractivity contribution is 7.80. The van der Waals surface area contributed by atoms with Gasteiger partial charge in [-0.2, -0.15) is 0 Å². The minimum Gasteiger partial charge on any atom is -0.389 e. The third kappa shape index (κ3) is 3.22. The maximum absolute atomic E-state index is 5.85. The van der Waals surface area contributed by atoms with Gasteiger partial charge in [0.2, 0.25) is 0 Å². The van der Waals surface area contributed by atoms with Gasteiger partial charge in [-0.15, -0.1) is 0 Å². The average Bonchev–Trinajstić information content (AvgIpc) is 2.39. The van der Waals surface area contributed by atoms with Crippen LogP contribution in [0.15, 0.2) is 12.3 Å². The molecule has 2 heterocycles. The van der Waals surface area contributed by atoms with Crippen LogP contribution in [0.2, 0.25) is 0 Å². The van der Waals surface area contributed by atoms with Crippen LogP contribution in [-0.4, -0.2) is 47.6 Å². The molecule has 1 aliphatic rings. The first-order valence-corrected chi connectivity index (χ1v) is 7.27. The third-order valence-corrected chi connectivity index (χ3v) is 3.80. The van der Waals surface area contributed by atoms with E-state index in [9.17, 15) is 0 Å². The fraction of sp³-hybridized carbons (Fsp3) is 0.571. The number of rotatable bonds is 4. The van der Waals surface area contributed by atoms with Crippen molar-refractivity contribution in [1.29, 1.82) is 0 Å². The van der Waals surface area contributed by atoms with Gasteiger partial charge in [0.15, 0.2) is 0 Å². The molecule has 0 atom stereocenters. The number of thiocarbonyl (C=S) groups is 1. The molecule has 1 aromatic rings. The first-order valence-electron chi connectivity index (χ1n) is 6.86. The van der Waals surface area contributed by atoms with Crippen LogP contribution in [0.3, 0.4) is 0 Å². The molecule has 0 bridgehead atoms. The van der Waals surface area contributed by atoms with Crippen molar-refractivity contribution >= 4 is 23.0 Å². The number of aromatic nitrogens is 1. The number of hydrogen-bond donors (Lipinski definition) is 1. The topological polar surface area (TPSA) is 45.4 Å². The van der Waals surface area contributed by atoms with Crippen LogP contribution in [0.5, 0.6) is 0 Å². The van der Waals surface area contributed by atoms with Gasteiger partial charge in [-0.05, 0) is 31.5 Å². The molecule has 0 amide bonds. The van der Waals surface area contributed by atoms with E-state index in [1.54, 1.807) is 0 Å². The summed E-state index contributed by atoms with van der Waals surface area (Å²) in [5.41, 5.74) is 7.89. The largest absolute Gasteiger partial charge is 0.389 e. The number of nitrogens with zero attached hydrogens (tertiary/aromatic N) is 3. The quantitative estimate of drug-likeness (QED) is 0.847. The molecule has 0 saturated carbocycles. The second-order valence-electron chi connectivity index (χ2n) is 5.02. The van der Waals surface area contributed by atoms with Crippen molar-refractivity contribution in [2.24, 2.45) is 5.73 Å². The van der Waals surface area contributed by atoms with E-state index < -0.39 is 0 Å². The molecule has 104 valence electrons. The lowest BCUT2D eigenvalue weighted by atomic mass is 10.1. The zero-order valence-corrected chi connectivity index (χ0v) is 12.5. The summed E-state index contributed by atoms with van der Waals surface area (Å²) < 4.78 is 0. The van der Waals surface area contributed by atoms with Crippen LogP contribution in [-0.2, 0) is 0 Å². The van der Waals surface area contributed by atoms with Crippen LogP contribution < -0.4 is 10.6 Å². The number of aryl methyl sites for hydroxylation is 1. The van der Waals surface area contributed by atoms with Gasteiger partial charge in [0.25, 0.3) is 0 Å². The van der Waals surface area contributed by atoms with E-state index in [0.29, 0.717) is 4.99 Å². The SMILES string of the molecule is CCCN1CCN(c2nccc(C)c2C(N)=S)CC1. The highest BCUT2D eigenvalue weighted by atomic mass is 32.1. The Balaban J connectivity index is 2.15. The minimum atomic E-state index is 0.441. The zero-order chi connectivity index (χ0) is 13.8. The van der Waals surface area contributed by atoms with Gasteiger partial charge in [0.1, 0.15) is 10.8 Å². The van der Waals surface area contributed by atoms with Gasteiger partial charge in [-0.1, -0.05) is 19.1 Å². The van der Waals surface area contributed by atoms with Crippen molar-refractivity contribution in [2.75, 3.05) is 37.6 Å². The average molecular weight is 278 g/mol. The van der Waals surface area contributed by atoms with Crippen molar-refractivity contribution in [1.82, 2.24) is 9.88 Å². The molecule has 0 unspecified atom stereocenters. The molecule has 2 rings (SSSR count). The number of anilines is 1. The molecule has 1 aliphatic heterocycles. The van der Waals surface area contributed by atoms with Gasteiger partial charge >= 0.3 is 0 Å². The summed E-state index contributed by atoms with van der Waals surface area (Å²) in [7, 11) is 0. The third-order valence-electron chi connectivity index (χ3n) is 3.60. The molecule has 19 heavy (non-hydrogen) atoms. The van der Waals surface area contributed by atoms with Gasteiger partial charge in [0, 0.05) is 32.4 Å². The molecule has 2 N–H and O–H groups in total. The molecule has 4 nitrogen and oxygen atoms in total. The normalized spacial score (nSPS) is 16.6. The van der Waals surface area contributed by atoms with E-state index >= 15 is 0 Å². The molecule has 5 heteroatoms. The Morgan fingerprint density at radius 1 is 1.37 bits per heavy atom. The smallest absolute Gasteiger partial charge is 0.139 e. The predicted octanol–water partition coefficient (Wildman–Crippen LogP) is 1.56. The molecule has 0 aliphatic carbocycles. The van der Waals surface area contributed by atoms with E-state index in [-0.39, 0.29) is 0 Å². The van der Waals surface area contributed by atoms with Gasteiger partial charge < -0.3 is 10.6 Å². The van der Waals surface area contributed by atoms with Crippen molar-refractivity contribution in [2.45, 2.75) is 20.3 Å². The number of nitrogens with two attached hydrogens (primary N) is 1. The highest BCUT2D eigenvalue weighted by Crippen LogP contribution is 2.22. The Kier molecular flexibility index (Phi) is 4.71. The molecule has 0 spiro atoms. The van der Waals surface area contributed by atoms with Gasteiger partial charge in [-0.3, -0.25) is 4.90 Å². The Morgan fingerprint density at radius 2 is 2.05 bits per heavy atom. The lowest BCUT2D eigenvalue weighted by Gasteiger charge is -2.36. The summed E-state index contributed by atoms with van der Waals surface area (Å²) in [6, 6.07) is 1.96. The Labute approximate surface area is 120 Å². The lowest BCUT2D eigenvalue weighted by Crippen LogP contribution is -2.47. The molecule has 1 saturated heterocycles. The molecule has 1 aromatic heterocycles. The maximum Gasteiger partial charge on any atom is 0.139 e. The van der Waals surface area contributed by atoms with Crippen molar-refractivity contribution in [3.8, 4) is 0 Å². The van der Waals surface area contributed by atoms with Crippen LogP contribution in [0.1, 0.15) is 24.5 Å². The summed E-state index contributed by atoms with van der Waals surface area (Å²) in [4.78, 5) is 9.73. The van der Waals surface area contributed by atoms with E-state index in [2.05, 4.69) is 21.7 Å². The summed E-state index contributed by atoms with van der Waals surface area (Å²) in [5.74, 6) is 0.948. The highest BCUT2D eigenvalue weighted by Gasteiger charge is 2.21. The summed E-state index contributed by atoms with van der Waals surface area (Å²) in [5, 5.41) is 0. The summed E-state index contributed by atoms with van der Waals surface area (Å²) >= 11 is 5.17. The van der Waals surface area contributed by atoms with E-state index in [4.69, 9.17) is 18.0 Å². The van der Waals surface area contributed by atoms with Crippen LogP contribution in [0, 0.1) is 6.92 Å². The summed E-state index contributed by atoms with van der Waals surface area (Å²) in [6.45, 7) is 9.59. The molecular formula is C14H22N4S. The van der Waals surface area contributed by atoms with Crippen molar-refractivity contribution in [3.63, 3.8) is 0 Å². The molecule has 0 radical (unpaired) electrons. The zero-order valence-electron chi connectivity index (χ0n) is 11.7. The monoisotopic (exact) mass is 278 g/mol. The van der Waals surface area contributed by atoms with Gasteiger partial charge in [-0.25, -0.2) is 4.98 Å². The summed E-state index contributed by atoms with van der Waals surface area (Å²) in [6.07, 6.45) is 3.05. The Morgan fingerprint density at radius 3 is 2.63 bits per heavy atom. The first-order chi connectivity index (χ1) is 9.13. The second-order valence-corrected chi connectivity index (χ2v) is 5.46. The van der Waals surface area contributed by atoms with Crippen LogP contribution >= 0.6 is 12.2 Å². The van der Waals surface area contributed by atoms with Crippen LogP contribution in [0.25, 0.3) is 0 Å².